The molecule has 0 saturated carbocycles. The molecule has 0 spiro atoms. The molecular weight excluding hydrogens is 176 g/mol. The van der Waals surface area contributed by atoms with Crippen LogP contribution in [0.15, 0.2) is 0 Å². The number of rotatable bonds is 3. The number of ether oxygens (including phenoxy) is 1. The Balaban J connectivity index is 2.53. The maximum atomic E-state index is 8.84. The van der Waals surface area contributed by atoms with Crippen LogP contribution in [0.4, 0.5) is 0 Å². The van der Waals surface area contributed by atoms with Crippen LogP contribution >= 0.6 is 0 Å². The third-order valence-electron chi connectivity index (χ3n) is 2.88. The van der Waals surface area contributed by atoms with Crippen molar-refractivity contribution >= 4 is 0 Å². The van der Waals surface area contributed by atoms with Gasteiger partial charge in [0.05, 0.1) is 12.2 Å². The first-order valence-electron chi connectivity index (χ1n) is 5.36. The molecule has 1 rings (SSSR count). The first kappa shape index (κ1) is 11.5. The van der Waals surface area contributed by atoms with Crippen LogP contribution in [0, 0.1) is 16.7 Å². The average molecular weight is 196 g/mol. The number of piperidine rings is 1. The van der Waals surface area contributed by atoms with Gasteiger partial charge in [0.25, 0.3) is 0 Å². The van der Waals surface area contributed by atoms with Gasteiger partial charge in [0.1, 0.15) is 6.10 Å². The van der Waals surface area contributed by atoms with Gasteiger partial charge in [-0.3, -0.25) is 0 Å². The Hall–Kier alpha value is -0.590. The van der Waals surface area contributed by atoms with Gasteiger partial charge in [-0.25, -0.2) is 0 Å². The van der Waals surface area contributed by atoms with Gasteiger partial charge in [-0.2, -0.15) is 5.26 Å². The fourth-order valence-electron chi connectivity index (χ4n) is 1.82. The van der Waals surface area contributed by atoms with E-state index in [4.69, 9.17) is 10.00 Å². The van der Waals surface area contributed by atoms with Gasteiger partial charge in [0.2, 0.25) is 0 Å². The number of nitriles is 1. The third-order valence-corrected chi connectivity index (χ3v) is 2.88. The summed E-state index contributed by atoms with van der Waals surface area (Å²) in [6.07, 6.45) is 1.76. The SMILES string of the molecule is CCC(C#N)OC1CCNCC1(C)C. The van der Waals surface area contributed by atoms with Crippen molar-refractivity contribution in [2.45, 2.75) is 45.8 Å². The summed E-state index contributed by atoms with van der Waals surface area (Å²) in [5.41, 5.74) is 0.141. The van der Waals surface area contributed by atoms with Crippen LogP contribution in [0.3, 0.4) is 0 Å². The second-order valence-corrected chi connectivity index (χ2v) is 4.60. The van der Waals surface area contributed by atoms with Crippen LogP contribution in [0.5, 0.6) is 0 Å². The van der Waals surface area contributed by atoms with Crippen molar-refractivity contribution < 1.29 is 4.74 Å². The van der Waals surface area contributed by atoms with Crippen molar-refractivity contribution in [2.75, 3.05) is 13.1 Å². The summed E-state index contributed by atoms with van der Waals surface area (Å²) >= 11 is 0. The lowest BCUT2D eigenvalue weighted by Crippen LogP contribution is -2.48. The normalized spacial score (nSPS) is 28.0. The number of hydrogen-bond donors (Lipinski definition) is 1. The van der Waals surface area contributed by atoms with Crippen molar-refractivity contribution in [1.29, 1.82) is 5.26 Å². The van der Waals surface area contributed by atoms with Crippen LogP contribution in [0.1, 0.15) is 33.6 Å². The zero-order valence-electron chi connectivity index (χ0n) is 9.34. The van der Waals surface area contributed by atoms with Crippen LogP contribution in [-0.2, 0) is 4.74 Å². The van der Waals surface area contributed by atoms with E-state index in [0.717, 1.165) is 25.9 Å². The zero-order valence-corrected chi connectivity index (χ0v) is 9.34. The topological polar surface area (TPSA) is 45.0 Å². The predicted molar refractivity (Wildman–Crippen MR) is 55.8 cm³/mol. The minimum atomic E-state index is -0.239. The van der Waals surface area contributed by atoms with E-state index >= 15 is 0 Å². The predicted octanol–water partition coefficient (Wildman–Crippen LogP) is 1.69. The number of nitrogens with one attached hydrogen (secondary N) is 1. The molecule has 1 fully saturated rings. The minimum Gasteiger partial charge on any atom is -0.359 e. The Morgan fingerprint density at radius 1 is 1.64 bits per heavy atom. The molecule has 2 unspecified atom stereocenters. The van der Waals surface area contributed by atoms with Crippen molar-refractivity contribution in [3.63, 3.8) is 0 Å². The van der Waals surface area contributed by atoms with Crippen LogP contribution in [-0.4, -0.2) is 25.3 Å². The molecule has 3 heteroatoms. The molecule has 0 aromatic carbocycles. The summed E-state index contributed by atoms with van der Waals surface area (Å²) in [7, 11) is 0. The van der Waals surface area contributed by atoms with E-state index in [1.807, 2.05) is 6.92 Å². The van der Waals surface area contributed by atoms with Gasteiger partial charge in [0, 0.05) is 12.0 Å². The van der Waals surface area contributed by atoms with Crippen molar-refractivity contribution in [1.82, 2.24) is 5.32 Å². The Morgan fingerprint density at radius 2 is 2.36 bits per heavy atom. The lowest BCUT2D eigenvalue weighted by Gasteiger charge is -2.39. The summed E-state index contributed by atoms with van der Waals surface area (Å²) < 4.78 is 5.80. The Morgan fingerprint density at radius 3 is 2.86 bits per heavy atom. The summed E-state index contributed by atoms with van der Waals surface area (Å²) in [6, 6.07) is 2.19. The van der Waals surface area contributed by atoms with Crippen molar-refractivity contribution in [3.05, 3.63) is 0 Å². The molecule has 0 radical (unpaired) electrons. The molecule has 14 heavy (non-hydrogen) atoms. The first-order valence-corrected chi connectivity index (χ1v) is 5.36. The van der Waals surface area contributed by atoms with E-state index in [1.165, 1.54) is 0 Å². The summed E-state index contributed by atoms with van der Waals surface area (Å²) in [5.74, 6) is 0. The van der Waals surface area contributed by atoms with Gasteiger partial charge >= 0.3 is 0 Å². The highest BCUT2D eigenvalue weighted by Gasteiger charge is 2.34. The lowest BCUT2D eigenvalue weighted by molar-refractivity contribution is -0.0668. The molecule has 1 heterocycles. The summed E-state index contributed by atoms with van der Waals surface area (Å²) in [4.78, 5) is 0. The molecule has 1 aliphatic heterocycles. The molecule has 0 aromatic rings. The zero-order chi connectivity index (χ0) is 10.6. The largest absolute Gasteiger partial charge is 0.359 e. The Labute approximate surface area is 86.4 Å². The molecule has 0 aliphatic carbocycles. The molecule has 0 aromatic heterocycles. The third kappa shape index (κ3) is 2.70. The molecule has 1 aliphatic rings. The minimum absolute atomic E-state index is 0.141. The average Bonchev–Trinajstić information content (AvgIpc) is 2.16. The van der Waals surface area contributed by atoms with E-state index in [0.29, 0.717) is 0 Å². The lowest BCUT2D eigenvalue weighted by atomic mass is 9.82. The first-order chi connectivity index (χ1) is 6.60. The summed E-state index contributed by atoms with van der Waals surface area (Å²) in [6.45, 7) is 8.33. The van der Waals surface area contributed by atoms with E-state index in [2.05, 4.69) is 25.2 Å². The fraction of sp³-hybridized carbons (Fsp3) is 0.909. The van der Waals surface area contributed by atoms with Crippen LogP contribution in [0.2, 0.25) is 0 Å². The van der Waals surface area contributed by atoms with Crippen molar-refractivity contribution in [3.8, 4) is 6.07 Å². The van der Waals surface area contributed by atoms with E-state index in [1.54, 1.807) is 0 Å². The molecule has 0 amide bonds. The van der Waals surface area contributed by atoms with Crippen LogP contribution in [0.25, 0.3) is 0 Å². The second kappa shape index (κ2) is 4.77. The molecule has 3 nitrogen and oxygen atoms in total. The molecule has 80 valence electrons. The maximum Gasteiger partial charge on any atom is 0.144 e. The highest BCUT2D eigenvalue weighted by molar-refractivity contribution is 4.90. The standard InChI is InChI=1S/C11H20N2O/c1-4-9(7-12)14-10-5-6-13-8-11(10,2)3/h9-10,13H,4-6,8H2,1-3H3. The summed E-state index contributed by atoms with van der Waals surface area (Å²) in [5, 5.41) is 12.2. The monoisotopic (exact) mass is 196 g/mol. The Bertz CT molecular complexity index is 220. The quantitative estimate of drug-likeness (QED) is 0.747. The molecule has 1 saturated heterocycles. The van der Waals surface area contributed by atoms with Gasteiger partial charge in [0.15, 0.2) is 0 Å². The van der Waals surface area contributed by atoms with Gasteiger partial charge in [-0.05, 0) is 19.4 Å². The second-order valence-electron chi connectivity index (χ2n) is 4.60. The molecule has 1 N–H and O–H groups in total. The number of hydrogen-bond acceptors (Lipinski definition) is 3. The number of nitrogens with zero attached hydrogens (tertiary/aromatic N) is 1. The van der Waals surface area contributed by atoms with E-state index in [9.17, 15) is 0 Å². The van der Waals surface area contributed by atoms with E-state index in [-0.39, 0.29) is 17.6 Å². The van der Waals surface area contributed by atoms with E-state index < -0.39 is 0 Å². The Kier molecular flexibility index (Phi) is 3.91. The maximum absolute atomic E-state index is 8.84. The van der Waals surface area contributed by atoms with Crippen LogP contribution < -0.4 is 5.32 Å². The van der Waals surface area contributed by atoms with Gasteiger partial charge in [-0.15, -0.1) is 0 Å². The smallest absolute Gasteiger partial charge is 0.144 e. The fourth-order valence-corrected chi connectivity index (χ4v) is 1.82. The van der Waals surface area contributed by atoms with Gasteiger partial charge in [-0.1, -0.05) is 20.8 Å². The highest BCUT2D eigenvalue weighted by Crippen LogP contribution is 2.28. The molecule has 2 atom stereocenters. The van der Waals surface area contributed by atoms with Crippen molar-refractivity contribution in [2.24, 2.45) is 5.41 Å². The van der Waals surface area contributed by atoms with Gasteiger partial charge < -0.3 is 10.1 Å². The highest BCUT2D eigenvalue weighted by atomic mass is 16.5. The molecule has 0 bridgehead atoms. The molecular formula is C11H20N2O.